The molecule has 134 valence electrons. The number of halogens is 3. The maximum absolute atomic E-state index is 12.8. The Kier molecular flexibility index (Phi) is 5.03. The highest BCUT2D eigenvalue weighted by Crippen LogP contribution is 2.34. The summed E-state index contributed by atoms with van der Waals surface area (Å²) in [5.74, 6) is -0.828. The molecule has 0 bridgehead atoms. The molecule has 1 aliphatic rings. The molecule has 9 heteroatoms. The molecule has 0 radical (unpaired) electrons. The van der Waals surface area contributed by atoms with E-state index in [9.17, 15) is 18.0 Å². The summed E-state index contributed by atoms with van der Waals surface area (Å²) in [7, 11) is 0. The van der Waals surface area contributed by atoms with Crippen molar-refractivity contribution in [3.63, 3.8) is 0 Å². The molecule has 0 saturated carbocycles. The maximum Gasteiger partial charge on any atom is 0.392 e. The number of hydrogen-bond acceptors (Lipinski definition) is 4. The van der Waals surface area contributed by atoms with Crippen molar-refractivity contribution in [2.75, 3.05) is 6.26 Å². The lowest BCUT2D eigenvalue weighted by Gasteiger charge is -2.25. The molecule has 2 heterocycles. The van der Waals surface area contributed by atoms with Gasteiger partial charge in [0, 0.05) is 23.4 Å². The first-order valence-electron chi connectivity index (χ1n) is 7.78. The number of carbonyl (C=O) groups is 1. The van der Waals surface area contributed by atoms with E-state index in [0.29, 0.717) is 17.2 Å². The van der Waals surface area contributed by atoms with Crippen molar-refractivity contribution in [1.82, 2.24) is 20.1 Å². The van der Waals surface area contributed by atoms with Crippen molar-refractivity contribution in [2.45, 2.75) is 37.0 Å². The zero-order chi connectivity index (χ0) is 18.0. The summed E-state index contributed by atoms with van der Waals surface area (Å²) in [6.45, 7) is 0.339. The van der Waals surface area contributed by atoms with Crippen LogP contribution in [0.15, 0.2) is 29.2 Å². The van der Waals surface area contributed by atoms with Crippen LogP contribution in [0.3, 0.4) is 0 Å². The predicted octanol–water partition coefficient (Wildman–Crippen LogP) is 3.05. The number of carbonyl (C=O) groups excluding carboxylic acids is 1. The summed E-state index contributed by atoms with van der Waals surface area (Å²) in [6.07, 6.45) is -2.45. The number of nitrogens with zero attached hydrogens (tertiary/aromatic N) is 3. The molecule has 0 unspecified atom stereocenters. The summed E-state index contributed by atoms with van der Waals surface area (Å²) in [5, 5.41) is 10.5. The Morgan fingerprint density at radius 1 is 1.40 bits per heavy atom. The van der Waals surface area contributed by atoms with Crippen LogP contribution in [0.1, 0.15) is 28.4 Å². The van der Waals surface area contributed by atoms with Gasteiger partial charge in [-0.05, 0) is 30.9 Å². The van der Waals surface area contributed by atoms with Crippen LogP contribution in [0, 0.1) is 5.92 Å². The second-order valence-corrected chi connectivity index (χ2v) is 6.71. The quantitative estimate of drug-likeness (QED) is 0.841. The molecule has 0 fully saturated rings. The van der Waals surface area contributed by atoms with Crippen molar-refractivity contribution in [3.8, 4) is 0 Å². The Morgan fingerprint density at radius 2 is 2.20 bits per heavy atom. The first kappa shape index (κ1) is 17.8. The molecule has 3 rings (SSSR count). The highest BCUT2D eigenvalue weighted by Gasteiger charge is 2.42. The Balaban J connectivity index is 1.65. The van der Waals surface area contributed by atoms with Gasteiger partial charge >= 0.3 is 6.18 Å². The molecule has 1 aliphatic heterocycles. The Hall–Kier alpha value is -2.03. The number of benzene rings is 1. The molecule has 1 N–H and O–H groups in total. The molecule has 1 aromatic carbocycles. The molecular formula is C16H17F3N4OS. The van der Waals surface area contributed by atoms with Crippen molar-refractivity contribution in [2.24, 2.45) is 5.92 Å². The van der Waals surface area contributed by atoms with Crippen molar-refractivity contribution >= 4 is 17.7 Å². The molecule has 2 aromatic rings. The number of nitrogens with one attached hydrogen (secondary N) is 1. The Labute approximate surface area is 147 Å². The van der Waals surface area contributed by atoms with Gasteiger partial charge in [0.1, 0.15) is 5.82 Å². The van der Waals surface area contributed by atoms with Crippen LogP contribution in [-0.2, 0) is 19.5 Å². The zero-order valence-corrected chi connectivity index (χ0v) is 14.3. The smallest absolute Gasteiger partial charge is 0.345 e. The number of alkyl halides is 3. The third kappa shape index (κ3) is 3.97. The van der Waals surface area contributed by atoms with Crippen molar-refractivity contribution in [1.29, 1.82) is 0 Å². The zero-order valence-electron chi connectivity index (χ0n) is 13.5. The van der Waals surface area contributed by atoms with Gasteiger partial charge in [0.15, 0.2) is 5.82 Å². The Bertz CT molecular complexity index is 775. The van der Waals surface area contributed by atoms with Crippen LogP contribution in [-0.4, -0.2) is 33.1 Å². The lowest BCUT2D eigenvalue weighted by Crippen LogP contribution is -2.32. The average Bonchev–Trinajstić information content (AvgIpc) is 3.01. The summed E-state index contributed by atoms with van der Waals surface area (Å²) in [4.78, 5) is 13.2. The topological polar surface area (TPSA) is 59.8 Å². The number of fused-ring (bicyclic) bond motifs is 1. The highest BCUT2D eigenvalue weighted by atomic mass is 32.2. The summed E-state index contributed by atoms with van der Waals surface area (Å²) in [5.41, 5.74) is 0.530. The maximum atomic E-state index is 12.8. The number of thioether (sulfide) groups is 1. The van der Waals surface area contributed by atoms with Crippen LogP contribution >= 0.6 is 11.8 Å². The van der Waals surface area contributed by atoms with Gasteiger partial charge < -0.3 is 9.88 Å². The van der Waals surface area contributed by atoms with Gasteiger partial charge in [-0.1, -0.05) is 6.07 Å². The molecule has 1 atom stereocenters. The lowest BCUT2D eigenvalue weighted by molar-refractivity contribution is -0.179. The molecular weight excluding hydrogens is 353 g/mol. The van der Waals surface area contributed by atoms with Crippen LogP contribution in [0.2, 0.25) is 0 Å². The van der Waals surface area contributed by atoms with E-state index in [0.717, 1.165) is 4.90 Å². The van der Waals surface area contributed by atoms with Gasteiger partial charge in [0.2, 0.25) is 0 Å². The highest BCUT2D eigenvalue weighted by molar-refractivity contribution is 7.98. The second-order valence-electron chi connectivity index (χ2n) is 5.83. The van der Waals surface area contributed by atoms with E-state index in [2.05, 4.69) is 15.5 Å². The molecule has 0 spiro atoms. The van der Waals surface area contributed by atoms with Gasteiger partial charge in [-0.2, -0.15) is 13.2 Å². The first-order chi connectivity index (χ1) is 11.9. The van der Waals surface area contributed by atoms with E-state index >= 15 is 0 Å². The minimum absolute atomic E-state index is 0.00521. The third-order valence-corrected chi connectivity index (χ3v) is 4.96. The molecule has 1 aromatic heterocycles. The van der Waals surface area contributed by atoms with Gasteiger partial charge in [-0.25, -0.2) is 0 Å². The number of rotatable bonds is 4. The lowest BCUT2D eigenvalue weighted by atomic mass is 9.97. The molecule has 1 amide bonds. The van der Waals surface area contributed by atoms with E-state index in [1.807, 2.05) is 12.3 Å². The van der Waals surface area contributed by atoms with E-state index in [1.165, 1.54) is 11.8 Å². The fraction of sp³-hybridized carbons (Fsp3) is 0.438. The van der Waals surface area contributed by atoms with E-state index in [1.54, 1.807) is 22.8 Å². The molecule has 5 nitrogen and oxygen atoms in total. The summed E-state index contributed by atoms with van der Waals surface area (Å²) in [6, 6.07) is 7.21. The normalized spacial score (nSPS) is 17.2. The van der Waals surface area contributed by atoms with E-state index < -0.39 is 12.1 Å². The third-order valence-electron chi connectivity index (χ3n) is 4.24. The van der Waals surface area contributed by atoms with Gasteiger partial charge in [-0.3, -0.25) is 4.79 Å². The van der Waals surface area contributed by atoms with Crippen LogP contribution < -0.4 is 5.32 Å². The number of aromatic nitrogens is 3. The molecule has 0 saturated heterocycles. The fourth-order valence-electron chi connectivity index (χ4n) is 2.82. The van der Waals surface area contributed by atoms with E-state index in [-0.39, 0.29) is 31.8 Å². The van der Waals surface area contributed by atoms with Crippen LogP contribution in [0.5, 0.6) is 0 Å². The minimum atomic E-state index is -4.21. The van der Waals surface area contributed by atoms with Gasteiger partial charge in [0.05, 0.1) is 12.5 Å². The molecule has 0 aliphatic carbocycles. The minimum Gasteiger partial charge on any atom is -0.345 e. The van der Waals surface area contributed by atoms with Crippen LogP contribution in [0.25, 0.3) is 0 Å². The SMILES string of the molecule is CSc1cccc(C(=O)NCc2nnc3n2CC[C@H](C(F)(F)F)C3)c1. The largest absolute Gasteiger partial charge is 0.392 e. The Morgan fingerprint density at radius 3 is 2.92 bits per heavy atom. The van der Waals surface area contributed by atoms with Crippen molar-refractivity contribution < 1.29 is 18.0 Å². The van der Waals surface area contributed by atoms with E-state index in [4.69, 9.17) is 0 Å². The standard InChI is InChI=1S/C16H17F3N4OS/c1-25-12-4-2-3-10(7-12)15(24)20-9-14-22-21-13-8-11(16(17,18)19)5-6-23(13)14/h2-4,7,11H,5-6,8-9H2,1H3,(H,20,24)/t11-/m0/s1. The van der Waals surface area contributed by atoms with Gasteiger partial charge in [-0.15, -0.1) is 22.0 Å². The summed E-state index contributed by atoms with van der Waals surface area (Å²) >= 11 is 1.54. The predicted molar refractivity (Wildman–Crippen MR) is 87.3 cm³/mol. The fourth-order valence-corrected chi connectivity index (χ4v) is 3.28. The molecule has 25 heavy (non-hydrogen) atoms. The monoisotopic (exact) mass is 370 g/mol. The first-order valence-corrected chi connectivity index (χ1v) is 9.01. The van der Waals surface area contributed by atoms with Gasteiger partial charge in [0.25, 0.3) is 5.91 Å². The second kappa shape index (κ2) is 7.07. The number of amides is 1. The number of hydrogen-bond donors (Lipinski definition) is 1. The average molecular weight is 370 g/mol. The van der Waals surface area contributed by atoms with Crippen molar-refractivity contribution in [3.05, 3.63) is 41.5 Å². The van der Waals surface area contributed by atoms with Crippen LogP contribution in [0.4, 0.5) is 13.2 Å². The summed E-state index contributed by atoms with van der Waals surface area (Å²) < 4.78 is 40.2.